The second-order valence-electron chi connectivity index (χ2n) is 4.42. The second kappa shape index (κ2) is 7.41. The monoisotopic (exact) mass is 298 g/mol. The summed E-state index contributed by atoms with van der Waals surface area (Å²) in [6, 6.07) is 16.7. The van der Waals surface area contributed by atoms with Gasteiger partial charge in [-0.2, -0.15) is 5.10 Å². The van der Waals surface area contributed by atoms with Gasteiger partial charge in [-0.25, -0.2) is 5.43 Å². The molecule has 0 aliphatic carbocycles. The molecule has 0 aliphatic rings. The maximum atomic E-state index is 11.9. The molecule has 0 atom stereocenters. The van der Waals surface area contributed by atoms with Crippen LogP contribution in [0.2, 0.25) is 5.02 Å². The Balaban J connectivity index is 1.99. The third kappa shape index (κ3) is 4.58. The van der Waals surface area contributed by atoms with Crippen molar-refractivity contribution in [1.82, 2.24) is 5.43 Å². The summed E-state index contributed by atoms with van der Waals surface area (Å²) in [5.41, 5.74) is 4.66. The molecular formula is C17H15ClN2O. The van der Waals surface area contributed by atoms with E-state index < -0.39 is 0 Å². The van der Waals surface area contributed by atoms with E-state index in [0.29, 0.717) is 16.3 Å². The lowest BCUT2D eigenvalue weighted by molar-refractivity contribution is 0.0955. The van der Waals surface area contributed by atoms with Crippen LogP contribution in [-0.2, 0) is 0 Å². The van der Waals surface area contributed by atoms with E-state index >= 15 is 0 Å². The van der Waals surface area contributed by atoms with Gasteiger partial charge in [-0.1, -0.05) is 60.1 Å². The molecule has 3 nitrogen and oxygen atoms in total. The molecule has 2 rings (SSSR count). The Morgan fingerprint density at radius 2 is 1.76 bits per heavy atom. The number of hydrogen-bond acceptors (Lipinski definition) is 2. The summed E-state index contributed by atoms with van der Waals surface area (Å²) >= 11 is 5.95. The van der Waals surface area contributed by atoms with Gasteiger partial charge in [0.25, 0.3) is 5.91 Å². The molecule has 0 radical (unpaired) electrons. The van der Waals surface area contributed by atoms with Gasteiger partial charge in [0.2, 0.25) is 0 Å². The highest BCUT2D eigenvalue weighted by Crippen LogP contribution is 2.14. The number of halogens is 1. The lowest BCUT2D eigenvalue weighted by Crippen LogP contribution is -2.19. The van der Waals surface area contributed by atoms with Crippen LogP contribution in [0.25, 0.3) is 6.08 Å². The summed E-state index contributed by atoms with van der Waals surface area (Å²) in [6.07, 6.45) is 3.77. The Bertz CT molecular complexity index is 678. The number of carbonyl (C=O) groups is 1. The summed E-state index contributed by atoms with van der Waals surface area (Å²) in [6.45, 7) is 1.81. The standard InChI is InChI=1S/C17H15ClN2O/c1-13(11-12-14-7-3-2-4-8-14)19-20-17(21)15-9-5-6-10-16(15)18/h2-12H,1H3,(H,20,21)/b12-11-,19-13?. The highest BCUT2D eigenvalue weighted by molar-refractivity contribution is 6.33. The zero-order valence-electron chi connectivity index (χ0n) is 11.6. The van der Waals surface area contributed by atoms with Gasteiger partial charge >= 0.3 is 0 Å². The van der Waals surface area contributed by atoms with Crippen LogP contribution >= 0.6 is 11.6 Å². The second-order valence-corrected chi connectivity index (χ2v) is 4.83. The summed E-state index contributed by atoms with van der Waals surface area (Å²) in [7, 11) is 0. The zero-order chi connectivity index (χ0) is 15.1. The smallest absolute Gasteiger partial charge is 0.267 e. The van der Waals surface area contributed by atoms with Gasteiger partial charge in [0, 0.05) is 0 Å². The maximum absolute atomic E-state index is 11.9. The molecule has 0 fully saturated rings. The molecular weight excluding hydrogens is 284 g/mol. The molecule has 21 heavy (non-hydrogen) atoms. The van der Waals surface area contributed by atoms with Gasteiger partial charge in [-0.3, -0.25) is 4.79 Å². The molecule has 2 aromatic carbocycles. The van der Waals surface area contributed by atoms with Crippen molar-refractivity contribution in [3.05, 3.63) is 76.8 Å². The molecule has 4 heteroatoms. The first-order valence-corrected chi connectivity index (χ1v) is 6.87. The van der Waals surface area contributed by atoms with E-state index in [-0.39, 0.29) is 5.91 Å². The summed E-state index contributed by atoms with van der Waals surface area (Å²) in [5.74, 6) is -0.326. The topological polar surface area (TPSA) is 41.5 Å². The van der Waals surface area contributed by atoms with Crippen LogP contribution in [0.15, 0.2) is 65.8 Å². The third-order valence-corrected chi connectivity index (χ3v) is 3.10. The predicted molar refractivity (Wildman–Crippen MR) is 87.5 cm³/mol. The highest BCUT2D eigenvalue weighted by Gasteiger charge is 2.07. The molecule has 0 bridgehead atoms. The first-order valence-electron chi connectivity index (χ1n) is 6.49. The fourth-order valence-electron chi connectivity index (χ4n) is 1.66. The Morgan fingerprint density at radius 1 is 1.10 bits per heavy atom. The van der Waals surface area contributed by atoms with Crippen molar-refractivity contribution in [2.75, 3.05) is 0 Å². The van der Waals surface area contributed by atoms with Crippen molar-refractivity contribution in [3.63, 3.8) is 0 Å². The average molecular weight is 299 g/mol. The number of nitrogens with one attached hydrogen (secondary N) is 1. The minimum Gasteiger partial charge on any atom is -0.267 e. The molecule has 0 unspecified atom stereocenters. The zero-order valence-corrected chi connectivity index (χ0v) is 12.3. The molecule has 0 saturated heterocycles. The minimum atomic E-state index is -0.326. The van der Waals surface area contributed by atoms with Crippen LogP contribution in [0.1, 0.15) is 22.8 Å². The Hall–Kier alpha value is -2.39. The fraction of sp³-hybridized carbons (Fsp3) is 0.0588. The van der Waals surface area contributed by atoms with Crippen molar-refractivity contribution in [2.24, 2.45) is 5.10 Å². The Kier molecular flexibility index (Phi) is 5.29. The Morgan fingerprint density at radius 3 is 2.48 bits per heavy atom. The van der Waals surface area contributed by atoms with Crippen LogP contribution in [0, 0.1) is 0 Å². The SMILES string of the molecule is CC(/C=C\c1ccccc1)=NNC(=O)c1ccccc1Cl. The largest absolute Gasteiger partial charge is 0.272 e. The van der Waals surface area contributed by atoms with Crippen molar-refractivity contribution in [1.29, 1.82) is 0 Å². The first kappa shape index (κ1) is 15.0. The van der Waals surface area contributed by atoms with Crippen LogP contribution in [0.5, 0.6) is 0 Å². The van der Waals surface area contributed by atoms with E-state index in [4.69, 9.17) is 11.6 Å². The van der Waals surface area contributed by atoms with Gasteiger partial charge in [0.15, 0.2) is 0 Å². The van der Waals surface area contributed by atoms with E-state index in [2.05, 4.69) is 10.5 Å². The third-order valence-electron chi connectivity index (χ3n) is 2.77. The van der Waals surface area contributed by atoms with Crippen molar-refractivity contribution < 1.29 is 4.79 Å². The number of rotatable bonds is 4. The van der Waals surface area contributed by atoms with Gasteiger partial charge in [0.05, 0.1) is 16.3 Å². The maximum Gasteiger partial charge on any atom is 0.272 e. The van der Waals surface area contributed by atoms with Crippen molar-refractivity contribution in [3.8, 4) is 0 Å². The van der Waals surface area contributed by atoms with E-state index in [1.165, 1.54) is 0 Å². The van der Waals surface area contributed by atoms with E-state index in [0.717, 1.165) is 5.56 Å². The summed E-state index contributed by atoms with van der Waals surface area (Å²) < 4.78 is 0. The van der Waals surface area contributed by atoms with E-state index in [9.17, 15) is 4.79 Å². The molecule has 0 saturated carbocycles. The van der Waals surface area contributed by atoms with Gasteiger partial charge in [0.1, 0.15) is 0 Å². The molecule has 0 aliphatic heterocycles. The fourth-order valence-corrected chi connectivity index (χ4v) is 1.88. The highest BCUT2D eigenvalue weighted by atomic mass is 35.5. The number of amides is 1. The van der Waals surface area contributed by atoms with Gasteiger partial charge in [-0.05, 0) is 30.7 Å². The molecule has 0 heterocycles. The lowest BCUT2D eigenvalue weighted by atomic mass is 10.2. The summed E-state index contributed by atoms with van der Waals surface area (Å²) in [4.78, 5) is 11.9. The number of hydrogen-bond donors (Lipinski definition) is 1. The minimum absolute atomic E-state index is 0.326. The number of allylic oxidation sites excluding steroid dienone is 1. The number of hydrazone groups is 1. The van der Waals surface area contributed by atoms with Gasteiger partial charge < -0.3 is 0 Å². The van der Waals surface area contributed by atoms with Crippen LogP contribution in [0.4, 0.5) is 0 Å². The average Bonchev–Trinajstić information content (AvgIpc) is 2.52. The molecule has 0 spiro atoms. The van der Waals surface area contributed by atoms with Gasteiger partial charge in [-0.15, -0.1) is 0 Å². The molecule has 106 valence electrons. The first-order chi connectivity index (χ1) is 10.2. The van der Waals surface area contributed by atoms with E-state index in [1.54, 1.807) is 24.3 Å². The van der Waals surface area contributed by atoms with Crippen molar-refractivity contribution in [2.45, 2.75) is 6.92 Å². The van der Waals surface area contributed by atoms with Crippen molar-refractivity contribution >= 4 is 29.3 Å². The lowest BCUT2D eigenvalue weighted by Gasteiger charge is -2.02. The Labute approximate surface area is 129 Å². The van der Waals surface area contributed by atoms with Crippen LogP contribution < -0.4 is 5.43 Å². The van der Waals surface area contributed by atoms with Crippen LogP contribution in [-0.4, -0.2) is 11.6 Å². The molecule has 2 aromatic rings. The number of carbonyl (C=O) groups excluding carboxylic acids is 1. The number of nitrogens with zero attached hydrogens (tertiary/aromatic N) is 1. The number of benzene rings is 2. The van der Waals surface area contributed by atoms with E-state index in [1.807, 2.05) is 49.4 Å². The summed E-state index contributed by atoms with van der Waals surface area (Å²) in [5, 5.41) is 4.43. The normalized spacial score (nSPS) is 11.6. The molecule has 1 N–H and O–H groups in total. The molecule has 0 aromatic heterocycles. The van der Waals surface area contributed by atoms with Crippen LogP contribution in [0.3, 0.4) is 0 Å². The predicted octanol–water partition coefficient (Wildman–Crippen LogP) is 4.16. The molecule has 1 amide bonds. The quantitative estimate of drug-likeness (QED) is 0.668.